The summed E-state index contributed by atoms with van der Waals surface area (Å²) in [6.45, 7) is 4.34. The molecule has 3 aromatic rings. The minimum absolute atomic E-state index is 0.113. The summed E-state index contributed by atoms with van der Waals surface area (Å²) in [6, 6.07) is 10.6. The Bertz CT molecular complexity index is 1140. The number of ether oxygens (including phenoxy) is 2. The number of thiazole rings is 1. The van der Waals surface area contributed by atoms with Crippen molar-refractivity contribution < 1.29 is 19.1 Å². The lowest BCUT2D eigenvalue weighted by Gasteiger charge is -2.06. The van der Waals surface area contributed by atoms with Crippen LogP contribution in [-0.4, -0.2) is 29.7 Å². The molecule has 0 bridgehead atoms. The van der Waals surface area contributed by atoms with E-state index in [1.807, 2.05) is 31.2 Å². The molecule has 1 amide bonds. The van der Waals surface area contributed by atoms with Crippen LogP contribution in [0.2, 0.25) is 10.0 Å². The Kier molecular flexibility index (Phi) is 7.53. The number of esters is 1. The highest BCUT2D eigenvalue weighted by atomic mass is 35.5. The van der Waals surface area contributed by atoms with E-state index in [-0.39, 0.29) is 25.5 Å². The average Bonchev–Trinajstić information content (AvgIpc) is 3.06. The maximum Gasteiger partial charge on any atom is 0.326 e. The molecular formula is C21H20Cl2N2O4S. The predicted octanol–water partition coefficient (Wildman–Crippen LogP) is 4.64. The van der Waals surface area contributed by atoms with Crippen molar-refractivity contribution in [3.05, 3.63) is 56.8 Å². The van der Waals surface area contributed by atoms with Gasteiger partial charge in [0.05, 0.1) is 39.9 Å². The summed E-state index contributed by atoms with van der Waals surface area (Å²) in [5.41, 5.74) is 1.36. The first-order chi connectivity index (χ1) is 14.4. The van der Waals surface area contributed by atoms with Gasteiger partial charge >= 0.3 is 5.97 Å². The molecule has 1 heterocycles. The van der Waals surface area contributed by atoms with Crippen LogP contribution >= 0.6 is 34.5 Å². The number of nitrogens with zero attached hydrogens (tertiary/aromatic N) is 2. The molecular weight excluding hydrogens is 447 g/mol. The SMILES string of the molecule is CCOC(=O)Cn1c(=NC(=O)Cc2ccc(OCC)cc2)sc2c(Cl)ccc(Cl)c21. The minimum atomic E-state index is -0.450. The molecule has 0 saturated carbocycles. The van der Waals surface area contributed by atoms with E-state index in [4.69, 9.17) is 32.7 Å². The highest BCUT2D eigenvalue weighted by molar-refractivity contribution is 7.17. The van der Waals surface area contributed by atoms with Crippen LogP contribution < -0.4 is 9.54 Å². The molecule has 0 atom stereocenters. The van der Waals surface area contributed by atoms with E-state index >= 15 is 0 Å². The molecule has 3 rings (SSSR count). The third-order valence-electron chi connectivity index (χ3n) is 4.13. The monoisotopic (exact) mass is 466 g/mol. The van der Waals surface area contributed by atoms with Gasteiger partial charge in [-0.05, 0) is 43.7 Å². The number of halogens is 2. The van der Waals surface area contributed by atoms with Crippen molar-refractivity contribution in [2.24, 2.45) is 4.99 Å². The summed E-state index contributed by atoms with van der Waals surface area (Å²) in [5.74, 6) is -0.0593. The van der Waals surface area contributed by atoms with Gasteiger partial charge in [0.15, 0.2) is 4.80 Å². The van der Waals surface area contributed by atoms with Crippen LogP contribution in [0.4, 0.5) is 0 Å². The molecule has 0 unspecified atom stereocenters. The first-order valence-electron chi connectivity index (χ1n) is 9.35. The Morgan fingerprint density at radius 1 is 1.03 bits per heavy atom. The number of aromatic nitrogens is 1. The van der Waals surface area contributed by atoms with E-state index in [1.165, 1.54) is 11.3 Å². The summed E-state index contributed by atoms with van der Waals surface area (Å²) < 4.78 is 12.7. The van der Waals surface area contributed by atoms with Gasteiger partial charge in [0.2, 0.25) is 0 Å². The van der Waals surface area contributed by atoms with Gasteiger partial charge in [-0.3, -0.25) is 9.59 Å². The zero-order chi connectivity index (χ0) is 21.7. The molecule has 0 saturated heterocycles. The lowest BCUT2D eigenvalue weighted by atomic mass is 10.1. The fourth-order valence-electron chi connectivity index (χ4n) is 2.87. The quantitative estimate of drug-likeness (QED) is 0.475. The number of rotatable bonds is 7. The molecule has 0 aliphatic rings. The molecule has 158 valence electrons. The predicted molar refractivity (Wildman–Crippen MR) is 118 cm³/mol. The van der Waals surface area contributed by atoms with E-state index < -0.39 is 5.97 Å². The van der Waals surface area contributed by atoms with Gasteiger partial charge in [-0.1, -0.05) is 46.7 Å². The largest absolute Gasteiger partial charge is 0.494 e. The van der Waals surface area contributed by atoms with Crippen LogP contribution in [0.15, 0.2) is 41.4 Å². The summed E-state index contributed by atoms with van der Waals surface area (Å²) in [4.78, 5) is 29.3. The molecule has 0 N–H and O–H groups in total. The normalized spacial score (nSPS) is 11.7. The minimum Gasteiger partial charge on any atom is -0.494 e. The topological polar surface area (TPSA) is 69.9 Å². The molecule has 0 aliphatic heterocycles. The van der Waals surface area contributed by atoms with Crippen molar-refractivity contribution >= 4 is 56.6 Å². The number of hydrogen-bond acceptors (Lipinski definition) is 5. The van der Waals surface area contributed by atoms with Gasteiger partial charge in [0.25, 0.3) is 5.91 Å². The maximum atomic E-state index is 12.6. The van der Waals surface area contributed by atoms with E-state index in [1.54, 1.807) is 23.6 Å². The van der Waals surface area contributed by atoms with Gasteiger partial charge in [0.1, 0.15) is 12.3 Å². The van der Waals surface area contributed by atoms with Crippen molar-refractivity contribution in [1.82, 2.24) is 4.57 Å². The molecule has 0 spiro atoms. The summed E-state index contributed by atoms with van der Waals surface area (Å²) >= 11 is 13.9. The number of carbonyl (C=O) groups excluding carboxylic acids is 2. The second-order valence-corrected chi connectivity index (χ2v) is 8.03. The number of benzene rings is 2. The first-order valence-corrected chi connectivity index (χ1v) is 10.9. The van der Waals surface area contributed by atoms with Crippen LogP contribution in [0, 0.1) is 0 Å². The van der Waals surface area contributed by atoms with Crippen LogP contribution in [-0.2, 0) is 27.3 Å². The summed E-state index contributed by atoms with van der Waals surface area (Å²) in [6.07, 6.45) is 0.113. The standard InChI is InChI=1S/C21H20Cl2N2O4S/c1-3-28-14-7-5-13(6-8-14)11-17(26)24-21-25(12-18(27)29-4-2)19-15(22)9-10-16(23)20(19)30-21/h5-10H,3-4,11-12H2,1-2H3. The van der Waals surface area contributed by atoms with E-state index in [9.17, 15) is 9.59 Å². The lowest BCUT2D eigenvalue weighted by Crippen LogP contribution is -2.23. The Balaban J connectivity index is 1.97. The number of carbonyl (C=O) groups is 2. The van der Waals surface area contributed by atoms with Gasteiger partial charge < -0.3 is 14.0 Å². The third kappa shape index (κ3) is 5.22. The highest BCUT2D eigenvalue weighted by Gasteiger charge is 2.17. The van der Waals surface area contributed by atoms with Gasteiger partial charge in [-0.2, -0.15) is 4.99 Å². The summed E-state index contributed by atoms with van der Waals surface area (Å²) in [7, 11) is 0. The lowest BCUT2D eigenvalue weighted by molar-refractivity contribution is -0.143. The van der Waals surface area contributed by atoms with Gasteiger partial charge in [-0.25, -0.2) is 0 Å². The molecule has 30 heavy (non-hydrogen) atoms. The Morgan fingerprint density at radius 2 is 1.73 bits per heavy atom. The first kappa shape index (κ1) is 22.3. The van der Waals surface area contributed by atoms with Crippen molar-refractivity contribution in [2.75, 3.05) is 13.2 Å². The van der Waals surface area contributed by atoms with Crippen LogP contribution in [0.3, 0.4) is 0 Å². The third-order valence-corrected chi connectivity index (χ3v) is 5.97. The van der Waals surface area contributed by atoms with Crippen LogP contribution in [0.1, 0.15) is 19.4 Å². The molecule has 2 aromatic carbocycles. The molecule has 0 radical (unpaired) electrons. The number of amides is 1. The second kappa shape index (κ2) is 10.1. The van der Waals surface area contributed by atoms with Gasteiger partial charge in [0, 0.05) is 0 Å². The maximum absolute atomic E-state index is 12.6. The van der Waals surface area contributed by atoms with Crippen molar-refractivity contribution in [2.45, 2.75) is 26.8 Å². The zero-order valence-electron chi connectivity index (χ0n) is 16.5. The van der Waals surface area contributed by atoms with Crippen LogP contribution in [0.25, 0.3) is 10.2 Å². The van der Waals surface area contributed by atoms with E-state index in [0.717, 1.165) is 11.3 Å². The van der Waals surface area contributed by atoms with Crippen LogP contribution in [0.5, 0.6) is 5.75 Å². The molecule has 9 heteroatoms. The Hall–Kier alpha value is -2.35. The Labute approximate surface area is 187 Å². The van der Waals surface area contributed by atoms with Crippen molar-refractivity contribution in [3.63, 3.8) is 0 Å². The van der Waals surface area contributed by atoms with E-state index in [2.05, 4.69) is 4.99 Å². The molecule has 1 aromatic heterocycles. The summed E-state index contributed by atoms with van der Waals surface area (Å²) in [5, 5.41) is 0.882. The highest BCUT2D eigenvalue weighted by Crippen LogP contribution is 2.32. The fraction of sp³-hybridized carbons (Fsp3) is 0.286. The number of hydrogen-bond donors (Lipinski definition) is 0. The molecule has 0 aliphatic carbocycles. The number of fused-ring (bicyclic) bond motifs is 1. The van der Waals surface area contributed by atoms with Crippen molar-refractivity contribution in [3.8, 4) is 5.75 Å². The van der Waals surface area contributed by atoms with E-state index in [0.29, 0.717) is 31.7 Å². The Morgan fingerprint density at radius 3 is 2.40 bits per heavy atom. The molecule has 0 fully saturated rings. The average molecular weight is 467 g/mol. The second-order valence-electron chi connectivity index (χ2n) is 6.24. The zero-order valence-corrected chi connectivity index (χ0v) is 18.8. The fourth-order valence-corrected chi connectivity index (χ4v) is 4.53. The van der Waals surface area contributed by atoms with Gasteiger partial charge in [-0.15, -0.1) is 0 Å². The smallest absolute Gasteiger partial charge is 0.326 e. The molecule has 6 nitrogen and oxygen atoms in total. The van der Waals surface area contributed by atoms with Crippen molar-refractivity contribution in [1.29, 1.82) is 0 Å².